The highest BCUT2D eigenvalue weighted by Crippen LogP contribution is 2.33. The number of alkyl halides is 3. The number of amides is 1. The Morgan fingerprint density at radius 2 is 1.72 bits per heavy atom. The summed E-state index contributed by atoms with van der Waals surface area (Å²) in [5, 5.41) is 4.66. The van der Waals surface area contributed by atoms with Crippen molar-refractivity contribution in [2.24, 2.45) is 0 Å². The van der Waals surface area contributed by atoms with Crippen molar-refractivity contribution < 1.29 is 22.7 Å². The molecule has 1 aromatic heterocycles. The molecule has 3 rings (SSSR count). The Kier molecular flexibility index (Phi) is 5.65. The van der Waals surface area contributed by atoms with E-state index in [0.717, 1.165) is 29.1 Å². The van der Waals surface area contributed by atoms with Crippen molar-refractivity contribution in [3.05, 3.63) is 41.1 Å². The van der Waals surface area contributed by atoms with Gasteiger partial charge in [-0.2, -0.15) is 18.3 Å². The lowest BCUT2D eigenvalue weighted by atomic mass is 10.0. The second-order valence-electron chi connectivity index (χ2n) is 8.13. The number of benzene rings is 1. The Balaban J connectivity index is 1.88. The Labute approximate surface area is 168 Å². The van der Waals surface area contributed by atoms with Crippen molar-refractivity contribution in [1.82, 2.24) is 14.7 Å². The van der Waals surface area contributed by atoms with Gasteiger partial charge < -0.3 is 9.64 Å². The number of hydrogen-bond acceptors (Lipinski definition) is 3. The van der Waals surface area contributed by atoms with Crippen LogP contribution in [-0.2, 0) is 30.3 Å². The molecule has 0 N–H and O–H groups in total. The summed E-state index contributed by atoms with van der Waals surface area (Å²) in [5.74, 6) is 0. The normalized spacial score (nSPS) is 15.1. The van der Waals surface area contributed by atoms with E-state index in [1.54, 1.807) is 4.90 Å². The summed E-state index contributed by atoms with van der Waals surface area (Å²) in [5.41, 5.74) is 2.14. The quantitative estimate of drug-likeness (QED) is 0.707. The van der Waals surface area contributed by atoms with Crippen molar-refractivity contribution >= 4 is 6.09 Å². The lowest BCUT2D eigenvalue weighted by Crippen LogP contribution is -2.38. The van der Waals surface area contributed by atoms with Crippen molar-refractivity contribution in [2.75, 3.05) is 13.1 Å². The monoisotopic (exact) mass is 409 g/mol. The molecule has 2 aromatic rings. The molecule has 0 bridgehead atoms. The van der Waals surface area contributed by atoms with Gasteiger partial charge in [0, 0.05) is 37.2 Å². The van der Waals surface area contributed by atoms with Crippen LogP contribution in [0.4, 0.5) is 18.0 Å². The summed E-state index contributed by atoms with van der Waals surface area (Å²) in [6, 6.07) is 5.17. The number of aryl methyl sites for hydroxylation is 1. The zero-order chi connectivity index (χ0) is 21.4. The molecule has 1 aromatic carbocycles. The highest BCUT2D eigenvalue weighted by Gasteiger charge is 2.31. The van der Waals surface area contributed by atoms with E-state index in [1.165, 1.54) is 12.1 Å². The van der Waals surface area contributed by atoms with Gasteiger partial charge in [-0.05, 0) is 46.2 Å². The number of nitrogens with zero attached hydrogens (tertiary/aromatic N) is 3. The number of carbonyl (C=O) groups excluding carboxylic acids is 1. The maximum absolute atomic E-state index is 12.9. The van der Waals surface area contributed by atoms with Crippen molar-refractivity contribution in [1.29, 1.82) is 0 Å². The highest BCUT2D eigenvalue weighted by atomic mass is 19.4. The van der Waals surface area contributed by atoms with E-state index in [1.807, 2.05) is 32.4 Å². The Morgan fingerprint density at radius 3 is 2.28 bits per heavy atom. The summed E-state index contributed by atoms with van der Waals surface area (Å²) < 4.78 is 46.0. The highest BCUT2D eigenvalue weighted by molar-refractivity contribution is 5.69. The number of halogens is 3. The fourth-order valence-electron chi connectivity index (χ4n) is 3.49. The first-order valence-corrected chi connectivity index (χ1v) is 9.73. The summed E-state index contributed by atoms with van der Waals surface area (Å²) in [7, 11) is 0. The SMILES string of the molecule is CCn1nc2c(c1-c1ccc(C(F)(F)F)cc1)CCN(C(=O)OC(C)(C)C)CC2. The van der Waals surface area contributed by atoms with Gasteiger partial charge in [-0.25, -0.2) is 4.79 Å². The second-order valence-corrected chi connectivity index (χ2v) is 8.13. The minimum absolute atomic E-state index is 0.359. The molecular formula is C21H26F3N3O2. The van der Waals surface area contributed by atoms with E-state index < -0.39 is 17.3 Å². The number of fused-ring (bicyclic) bond motifs is 1. The van der Waals surface area contributed by atoms with Gasteiger partial charge in [-0.15, -0.1) is 0 Å². The molecule has 0 unspecified atom stereocenters. The van der Waals surface area contributed by atoms with Crippen LogP contribution in [0.15, 0.2) is 24.3 Å². The van der Waals surface area contributed by atoms with Gasteiger partial charge in [-0.1, -0.05) is 12.1 Å². The molecule has 0 fully saturated rings. The minimum atomic E-state index is -4.37. The molecule has 0 saturated carbocycles. The smallest absolute Gasteiger partial charge is 0.416 e. The first kappa shape index (κ1) is 21.2. The topological polar surface area (TPSA) is 47.4 Å². The average molecular weight is 409 g/mol. The van der Waals surface area contributed by atoms with Gasteiger partial charge in [0.15, 0.2) is 0 Å². The molecule has 158 valence electrons. The molecule has 0 spiro atoms. The predicted molar refractivity (Wildman–Crippen MR) is 104 cm³/mol. The summed E-state index contributed by atoms with van der Waals surface area (Å²) in [4.78, 5) is 14.1. The molecule has 0 atom stereocenters. The van der Waals surface area contributed by atoms with Crippen LogP contribution in [-0.4, -0.2) is 39.5 Å². The van der Waals surface area contributed by atoms with Gasteiger partial charge in [0.2, 0.25) is 0 Å². The Morgan fingerprint density at radius 1 is 1.10 bits per heavy atom. The van der Waals surface area contributed by atoms with Crippen LogP contribution in [0.3, 0.4) is 0 Å². The lowest BCUT2D eigenvalue weighted by Gasteiger charge is -2.26. The maximum atomic E-state index is 12.9. The predicted octanol–water partition coefficient (Wildman–Crippen LogP) is 4.92. The first-order valence-electron chi connectivity index (χ1n) is 9.73. The van der Waals surface area contributed by atoms with E-state index in [-0.39, 0.29) is 6.09 Å². The van der Waals surface area contributed by atoms with E-state index in [2.05, 4.69) is 5.10 Å². The molecule has 8 heteroatoms. The Bertz CT molecular complexity index is 880. The lowest BCUT2D eigenvalue weighted by molar-refractivity contribution is -0.137. The van der Waals surface area contributed by atoms with E-state index in [0.29, 0.717) is 38.0 Å². The largest absolute Gasteiger partial charge is 0.444 e. The van der Waals surface area contributed by atoms with Gasteiger partial charge >= 0.3 is 12.3 Å². The van der Waals surface area contributed by atoms with Crippen molar-refractivity contribution in [2.45, 2.75) is 58.9 Å². The maximum Gasteiger partial charge on any atom is 0.416 e. The zero-order valence-electron chi connectivity index (χ0n) is 17.1. The molecule has 2 heterocycles. The number of carbonyl (C=O) groups is 1. The molecule has 1 amide bonds. The van der Waals surface area contributed by atoms with Crippen LogP contribution < -0.4 is 0 Å². The molecule has 0 saturated heterocycles. The van der Waals surface area contributed by atoms with E-state index in [4.69, 9.17) is 4.74 Å². The van der Waals surface area contributed by atoms with Crippen LogP contribution in [0.2, 0.25) is 0 Å². The number of aromatic nitrogens is 2. The summed E-state index contributed by atoms with van der Waals surface area (Å²) in [6.07, 6.45) is -3.57. The summed E-state index contributed by atoms with van der Waals surface area (Å²) >= 11 is 0. The summed E-state index contributed by atoms with van der Waals surface area (Å²) in [6.45, 7) is 9.01. The number of ether oxygens (including phenoxy) is 1. The van der Waals surface area contributed by atoms with Crippen molar-refractivity contribution in [3.63, 3.8) is 0 Å². The number of hydrogen-bond donors (Lipinski definition) is 0. The van der Waals surface area contributed by atoms with Gasteiger partial charge in [0.05, 0.1) is 17.0 Å². The third kappa shape index (κ3) is 4.74. The van der Waals surface area contributed by atoms with Crippen LogP contribution in [0.5, 0.6) is 0 Å². The first-order chi connectivity index (χ1) is 13.5. The second kappa shape index (κ2) is 7.72. The molecule has 1 aliphatic heterocycles. The zero-order valence-corrected chi connectivity index (χ0v) is 17.1. The average Bonchev–Trinajstić information content (AvgIpc) is 2.84. The van der Waals surface area contributed by atoms with Crippen LogP contribution in [0.25, 0.3) is 11.3 Å². The number of rotatable bonds is 2. The molecule has 0 aliphatic carbocycles. The fourth-order valence-corrected chi connectivity index (χ4v) is 3.49. The van der Waals surface area contributed by atoms with Gasteiger partial charge in [0.1, 0.15) is 5.60 Å². The fraction of sp³-hybridized carbons (Fsp3) is 0.524. The molecule has 29 heavy (non-hydrogen) atoms. The minimum Gasteiger partial charge on any atom is -0.444 e. The molecule has 0 radical (unpaired) electrons. The standard InChI is InChI=1S/C21H26F3N3O2/c1-5-27-18(14-6-8-15(9-7-14)21(22,23)24)16-10-12-26(13-11-17(16)25-27)19(28)29-20(2,3)4/h6-9H,5,10-13H2,1-4H3. The van der Waals surface area contributed by atoms with Gasteiger partial charge in [-0.3, -0.25) is 4.68 Å². The molecule has 5 nitrogen and oxygen atoms in total. The van der Waals surface area contributed by atoms with Crippen LogP contribution in [0.1, 0.15) is 44.5 Å². The third-order valence-electron chi connectivity index (χ3n) is 4.82. The Hall–Kier alpha value is -2.51. The van der Waals surface area contributed by atoms with Crippen LogP contribution >= 0.6 is 0 Å². The van der Waals surface area contributed by atoms with E-state index in [9.17, 15) is 18.0 Å². The van der Waals surface area contributed by atoms with Gasteiger partial charge in [0.25, 0.3) is 0 Å². The van der Waals surface area contributed by atoms with Crippen molar-refractivity contribution in [3.8, 4) is 11.3 Å². The van der Waals surface area contributed by atoms with Crippen LogP contribution in [0, 0.1) is 0 Å². The van der Waals surface area contributed by atoms with E-state index >= 15 is 0 Å². The molecular weight excluding hydrogens is 383 g/mol. The third-order valence-corrected chi connectivity index (χ3v) is 4.82. The molecule has 1 aliphatic rings.